The number of carboxylic acids is 1. The van der Waals surface area contributed by atoms with Gasteiger partial charge in [0.15, 0.2) is 0 Å². The molecule has 0 aliphatic rings. The lowest BCUT2D eigenvalue weighted by Gasteiger charge is -2.02. The van der Waals surface area contributed by atoms with Crippen LogP contribution in [0.5, 0.6) is 0 Å². The molecule has 0 aromatic carbocycles. The highest BCUT2D eigenvalue weighted by Crippen LogP contribution is 2.10. The number of carbonyl (C=O) groups is 3. The number of hydrogen-bond acceptors (Lipinski definition) is 5. The molecule has 1 unspecified atom stereocenters. The zero-order valence-corrected chi connectivity index (χ0v) is 8.43. The molecule has 16 heavy (non-hydrogen) atoms. The molecule has 6 nitrogen and oxygen atoms in total. The molecule has 0 fully saturated rings. The molecule has 0 saturated heterocycles. The highest BCUT2D eigenvalue weighted by atomic mass is 16.6. The fraction of sp³-hybridized carbons (Fsp3) is 0.200. The third-order valence-electron chi connectivity index (χ3n) is 1.61. The van der Waals surface area contributed by atoms with Gasteiger partial charge in [0, 0.05) is 0 Å². The van der Waals surface area contributed by atoms with Crippen molar-refractivity contribution in [1.29, 1.82) is 0 Å². The quantitative estimate of drug-likeness (QED) is 0.612. The first kappa shape index (κ1) is 12.0. The van der Waals surface area contributed by atoms with Crippen LogP contribution in [-0.4, -0.2) is 23.0 Å². The van der Waals surface area contributed by atoms with Gasteiger partial charge in [-0.3, -0.25) is 4.79 Å². The summed E-state index contributed by atoms with van der Waals surface area (Å²) in [4.78, 5) is 32.7. The lowest BCUT2D eigenvalue weighted by Crippen LogP contribution is -2.17. The van der Waals surface area contributed by atoms with Crippen LogP contribution < -0.4 is 0 Å². The summed E-state index contributed by atoms with van der Waals surface area (Å²) >= 11 is 0. The van der Waals surface area contributed by atoms with E-state index in [-0.39, 0.29) is 5.76 Å². The van der Waals surface area contributed by atoms with Gasteiger partial charge in [-0.25, -0.2) is 9.59 Å². The Morgan fingerprint density at radius 1 is 1.38 bits per heavy atom. The van der Waals surface area contributed by atoms with Crippen LogP contribution in [0.1, 0.15) is 28.0 Å². The average Bonchev–Trinajstić information content (AvgIpc) is 2.65. The molecule has 6 heteroatoms. The van der Waals surface area contributed by atoms with Gasteiger partial charge in [0.25, 0.3) is 0 Å². The van der Waals surface area contributed by atoms with Crippen molar-refractivity contribution >= 4 is 17.9 Å². The molecule has 1 radical (unpaired) electrons. The zero-order valence-electron chi connectivity index (χ0n) is 8.43. The van der Waals surface area contributed by atoms with E-state index in [1.165, 1.54) is 6.92 Å². The molecular formula is C10H9O6. The van der Waals surface area contributed by atoms with E-state index in [0.29, 0.717) is 0 Å². The smallest absolute Gasteiger partial charge is 0.381 e. The number of aromatic carboxylic acids is 1. The molecule has 85 valence electrons. The number of carboxylic acid groups (broad SMARTS) is 1. The molecule has 0 amide bonds. The number of rotatable bonds is 3. The van der Waals surface area contributed by atoms with E-state index in [0.717, 1.165) is 12.1 Å². The Hall–Kier alpha value is -2.11. The molecule has 0 aliphatic heterocycles. The SMILES string of the molecule is [CH2]C(C)C(=O)OC(=O)c1ccc(C(=O)O)o1. The van der Waals surface area contributed by atoms with Crippen molar-refractivity contribution in [2.75, 3.05) is 0 Å². The van der Waals surface area contributed by atoms with E-state index in [9.17, 15) is 14.4 Å². The number of esters is 2. The molecule has 0 bridgehead atoms. The van der Waals surface area contributed by atoms with Gasteiger partial charge in [-0.2, -0.15) is 0 Å². The van der Waals surface area contributed by atoms with Crippen LogP contribution >= 0.6 is 0 Å². The highest BCUT2D eigenvalue weighted by molar-refractivity contribution is 5.96. The Kier molecular flexibility index (Phi) is 3.44. The van der Waals surface area contributed by atoms with Gasteiger partial charge in [0.1, 0.15) is 0 Å². The average molecular weight is 225 g/mol. The van der Waals surface area contributed by atoms with Crippen LogP contribution in [0.4, 0.5) is 0 Å². The van der Waals surface area contributed by atoms with Crippen molar-refractivity contribution in [2.24, 2.45) is 5.92 Å². The summed E-state index contributed by atoms with van der Waals surface area (Å²) in [6.45, 7) is 4.83. The predicted molar refractivity (Wildman–Crippen MR) is 50.6 cm³/mol. The highest BCUT2D eigenvalue weighted by Gasteiger charge is 2.20. The number of hydrogen-bond donors (Lipinski definition) is 1. The summed E-state index contributed by atoms with van der Waals surface area (Å²) in [6, 6.07) is 2.21. The number of furan rings is 1. The summed E-state index contributed by atoms with van der Waals surface area (Å²) in [5.74, 6) is -4.59. The van der Waals surface area contributed by atoms with Gasteiger partial charge in [0.2, 0.25) is 11.5 Å². The maximum atomic E-state index is 11.2. The van der Waals surface area contributed by atoms with Crippen LogP contribution in [0.2, 0.25) is 0 Å². The van der Waals surface area contributed by atoms with E-state index in [1.807, 2.05) is 0 Å². The molecule has 1 aromatic rings. The first-order valence-electron chi connectivity index (χ1n) is 4.34. The van der Waals surface area contributed by atoms with Crippen LogP contribution in [0.3, 0.4) is 0 Å². The fourth-order valence-electron chi connectivity index (χ4n) is 0.805. The van der Waals surface area contributed by atoms with Crippen molar-refractivity contribution in [3.63, 3.8) is 0 Å². The van der Waals surface area contributed by atoms with Crippen molar-refractivity contribution < 1.29 is 28.6 Å². The minimum Gasteiger partial charge on any atom is -0.475 e. The van der Waals surface area contributed by atoms with Crippen LogP contribution in [0.25, 0.3) is 0 Å². The molecule has 1 atom stereocenters. The third kappa shape index (κ3) is 2.69. The molecule has 1 aromatic heterocycles. The van der Waals surface area contributed by atoms with Gasteiger partial charge in [0.05, 0.1) is 5.92 Å². The minimum atomic E-state index is -1.31. The second kappa shape index (κ2) is 4.61. The Labute approximate surface area is 90.8 Å². The molecular weight excluding hydrogens is 216 g/mol. The summed E-state index contributed by atoms with van der Waals surface area (Å²) in [7, 11) is 0. The fourth-order valence-corrected chi connectivity index (χ4v) is 0.805. The summed E-state index contributed by atoms with van der Waals surface area (Å²) in [5.41, 5.74) is 0. The van der Waals surface area contributed by atoms with Crippen LogP contribution in [0, 0.1) is 12.8 Å². The lowest BCUT2D eigenvalue weighted by molar-refractivity contribution is -0.140. The normalized spacial score (nSPS) is 10.2. The predicted octanol–water partition coefficient (Wildman–Crippen LogP) is 1.13. The summed E-state index contributed by atoms with van der Waals surface area (Å²) in [5, 5.41) is 8.53. The second-order valence-corrected chi connectivity index (χ2v) is 3.08. The Balaban J connectivity index is 2.74. The summed E-state index contributed by atoms with van der Waals surface area (Å²) < 4.78 is 9.00. The molecule has 1 rings (SSSR count). The van der Waals surface area contributed by atoms with Gasteiger partial charge in [-0.05, 0) is 19.1 Å². The molecule has 1 heterocycles. The monoisotopic (exact) mass is 225 g/mol. The first-order valence-corrected chi connectivity index (χ1v) is 4.34. The van der Waals surface area contributed by atoms with Crippen molar-refractivity contribution in [2.45, 2.75) is 6.92 Å². The second-order valence-electron chi connectivity index (χ2n) is 3.08. The maximum Gasteiger partial charge on any atom is 0.381 e. The molecule has 0 spiro atoms. The van der Waals surface area contributed by atoms with Gasteiger partial charge < -0.3 is 14.3 Å². The van der Waals surface area contributed by atoms with Gasteiger partial charge in [-0.15, -0.1) is 0 Å². The Morgan fingerprint density at radius 3 is 2.38 bits per heavy atom. The van der Waals surface area contributed by atoms with Crippen LogP contribution in [0.15, 0.2) is 16.5 Å². The van der Waals surface area contributed by atoms with Crippen LogP contribution in [-0.2, 0) is 9.53 Å². The first-order chi connectivity index (χ1) is 7.41. The van der Waals surface area contributed by atoms with E-state index in [4.69, 9.17) is 5.11 Å². The Morgan fingerprint density at radius 2 is 1.94 bits per heavy atom. The van der Waals surface area contributed by atoms with E-state index in [1.54, 1.807) is 0 Å². The van der Waals surface area contributed by atoms with E-state index < -0.39 is 29.6 Å². The molecule has 0 saturated carbocycles. The van der Waals surface area contributed by atoms with E-state index in [2.05, 4.69) is 16.1 Å². The zero-order chi connectivity index (χ0) is 12.3. The summed E-state index contributed by atoms with van der Waals surface area (Å²) in [6.07, 6.45) is 0. The molecule has 0 aliphatic carbocycles. The Bertz CT molecular complexity index is 428. The third-order valence-corrected chi connectivity index (χ3v) is 1.61. The standard InChI is InChI=1S/C10H9O6/c1-5(2)9(13)16-10(14)7-4-3-6(15-7)8(11)12/h3-5H,1H2,2H3,(H,11,12). The van der Waals surface area contributed by atoms with Crippen molar-refractivity contribution in [3.05, 3.63) is 30.6 Å². The van der Waals surface area contributed by atoms with Crippen molar-refractivity contribution in [1.82, 2.24) is 0 Å². The lowest BCUT2D eigenvalue weighted by atomic mass is 10.2. The van der Waals surface area contributed by atoms with E-state index >= 15 is 0 Å². The number of carbonyl (C=O) groups excluding carboxylic acids is 2. The maximum absolute atomic E-state index is 11.2. The molecule has 1 N–H and O–H groups in total. The van der Waals surface area contributed by atoms with Gasteiger partial charge >= 0.3 is 17.9 Å². The largest absolute Gasteiger partial charge is 0.475 e. The topological polar surface area (TPSA) is 93.8 Å². The minimum absolute atomic E-state index is 0.341. The number of ether oxygens (including phenoxy) is 1. The van der Waals surface area contributed by atoms with Gasteiger partial charge in [-0.1, -0.05) is 6.92 Å². The van der Waals surface area contributed by atoms with Crippen molar-refractivity contribution in [3.8, 4) is 0 Å².